The fourth-order valence-corrected chi connectivity index (χ4v) is 2.50. The van der Waals surface area contributed by atoms with Gasteiger partial charge in [-0.1, -0.05) is 23.7 Å². The molecule has 0 bridgehead atoms. The molecular formula is C18H16ClNO6. The third-order valence-corrected chi connectivity index (χ3v) is 3.84. The number of ether oxygens (including phenoxy) is 3. The topological polar surface area (TPSA) is 94.1 Å². The summed E-state index contributed by atoms with van der Waals surface area (Å²) in [6.07, 6.45) is -0.346. The van der Waals surface area contributed by atoms with Crippen molar-refractivity contribution in [3.05, 3.63) is 53.1 Å². The molecule has 7 nitrogen and oxygen atoms in total. The number of rotatable bonds is 5. The van der Waals surface area contributed by atoms with Gasteiger partial charge in [0.1, 0.15) is 24.0 Å². The number of phenolic OH excluding ortho intramolecular Hbond substituents is 1. The molecule has 1 amide bonds. The van der Waals surface area contributed by atoms with Gasteiger partial charge in [0.2, 0.25) is 0 Å². The molecule has 1 unspecified atom stereocenters. The molecule has 136 valence electrons. The van der Waals surface area contributed by atoms with E-state index in [1.165, 1.54) is 18.2 Å². The Morgan fingerprint density at radius 1 is 1.23 bits per heavy atom. The molecule has 2 aromatic rings. The average Bonchev–Trinajstić information content (AvgIpc) is 2.66. The van der Waals surface area contributed by atoms with Crippen LogP contribution in [-0.2, 0) is 9.53 Å². The van der Waals surface area contributed by atoms with Crippen LogP contribution in [0.4, 0.5) is 0 Å². The number of carbonyl (C=O) groups excluding carboxylic acids is 2. The lowest BCUT2D eigenvalue weighted by molar-refractivity contribution is -0.124. The Bertz CT molecular complexity index is 825. The number of fused-ring (bicyclic) bond motifs is 1. The molecule has 0 saturated carbocycles. The number of nitrogens with one attached hydrogen (secondary N) is 1. The van der Waals surface area contributed by atoms with Crippen molar-refractivity contribution in [2.75, 3.05) is 19.8 Å². The molecule has 0 spiro atoms. The van der Waals surface area contributed by atoms with Gasteiger partial charge in [-0.3, -0.25) is 4.79 Å². The van der Waals surface area contributed by atoms with Gasteiger partial charge >= 0.3 is 5.97 Å². The van der Waals surface area contributed by atoms with E-state index in [0.717, 1.165) is 0 Å². The maximum atomic E-state index is 11.9. The molecule has 8 heteroatoms. The van der Waals surface area contributed by atoms with Gasteiger partial charge in [0.15, 0.2) is 18.1 Å². The molecular weight excluding hydrogens is 362 g/mol. The summed E-state index contributed by atoms with van der Waals surface area (Å²) in [6, 6.07) is 11.2. The van der Waals surface area contributed by atoms with Crippen molar-refractivity contribution >= 4 is 23.5 Å². The van der Waals surface area contributed by atoms with Gasteiger partial charge < -0.3 is 24.6 Å². The maximum Gasteiger partial charge on any atom is 0.342 e. The molecule has 0 saturated heterocycles. The third-order valence-electron chi connectivity index (χ3n) is 3.61. The first-order valence-electron chi connectivity index (χ1n) is 7.84. The zero-order chi connectivity index (χ0) is 18.5. The quantitative estimate of drug-likeness (QED) is 0.775. The van der Waals surface area contributed by atoms with Gasteiger partial charge in [-0.2, -0.15) is 0 Å². The van der Waals surface area contributed by atoms with Gasteiger partial charge in [-0.05, 0) is 30.3 Å². The van der Waals surface area contributed by atoms with E-state index in [9.17, 15) is 14.7 Å². The molecule has 2 aromatic carbocycles. The van der Waals surface area contributed by atoms with E-state index in [2.05, 4.69) is 5.32 Å². The number of hydrogen-bond donors (Lipinski definition) is 2. The summed E-state index contributed by atoms with van der Waals surface area (Å²) in [6.45, 7) is 0.00948. The van der Waals surface area contributed by atoms with Crippen LogP contribution in [0.3, 0.4) is 0 Å². The minimum absolute atomic E-state index is 0.106. The Kier molecular flexibility index (Phi) is 5.48. The lowest BCUT2D eigenvalue weighted by Gasteiger charge is -2.26. The highest BCUT2D eigenvalue weighted by molar-refractivity contribution is 6.31. The number of hydrogen-bond acceptors (Lipinski definition) is 6. The van der Waals surface area contributed by atoms with Crippen molar-refractivity contribution < 1.29 is 28.9 Å². The van der Waals surface area contributed by atoms with Crippen molar-refractivity contribution in [1.82, 2.24) is 5.32 Å². The predicted octanol–water partition coefficient (Wildman–Crippen LogP) is 2.16. The number of amides is 1. The molecule has 2 N–H and O–H groups in total. The number of carbonyl (C=O) groups is 2. The highest BCUT2D eigenvalue weighted by Crippen LogP contribution is 2.30. The van der Waals surface area contributed by atoms with Crippen molar-refractivity contribution in [3.63, 3.8) is 0 Å². The van der Waals surface area contributed by atoms with Crippen LogP contribution in [0.15, 0.2) is 42.5 Å². The third kappa shape index (κ3) is 4.37. The first-order valence-corrected chi connectivity index (χ1v) is 8.21. The Labute approximate surface area is 154 Å². The zero-order valence-electron chi connectivity index (χ0n) is 13.6. The molecule has 0 fully saturated rings. The summed E-state index contributed by atoms with van der Waals surface area (Å²) in [5.74, 6) is -0.342. The minimum Gasteiger partial charge on any atom is -0.507 e. The first-order chi connectivity index (χ1) is 12.5. The van der Waals surface area contributed by atoms with Gasteiger partial charge in [0.05, 0.1) is 6.54 Å². The predicted molar refractivity (Wildman–Crippen MR) is 92.8 cm³/mol. The summed E-state index contributed by atoms with van der Waals surface area (Å²) < 4.78 is 16.1. The number of esters is 1. The molecule has 1 aliphatic rings. The van der Waals surface area contributed by atoms with E-state index < -0.39 is 18.5 Å². The number of para-hydroxylation sites is 2. The van der Waals surface area contributed by atoms with Crippen LogP contribution >= 0.6 is 11.6 Å². The highest BCUT2D eigenvalue weighted by Gasteiger charge is 2.21. The summed E-state index contributed by atoms with van der Waals surface area (Å²) in [5.41, 5.74) is -0.106. The van der Waals surface area contributed by atoms with Gasteiger partial charge in [0, 0.05) is 5.02 Å². The fraction of sp³-hybridized carbons (Fsp3) is 0.222. The van der Waals surface area contributed by atoms with Gasteiger partial charge in [0.25, 0.3) is 5.91 Å². The monoisotopic (exact) mass is 377 g/mol. The molecule has 0 aromatic heterocycles. The van der Waals surface area contributed by atoms with Crippen molar-refractivity contribution in [1.29, 1.82) is 0 Å². The molecule has 26 heavy (non-hydrogen) atoms. The second kappa shape index (κ2) is 7.97. The summed E-state index contributed by atoms with van der Waals surface area (Å²) in [5, 5.41) is 12.5. The Morgan fingerprint density at radius 2 is 2.00 bits per heavy atom. The smallest absolute Gasteiger partial charge is 0.342 e. The normalized spacial score (nSPS) is 15.2. The molecule has 1 heterocycles. The van der Waals surface area contributed by atoms with E-state index in [1.807, 2.05) is 12.1 Å². The standard InChI is InChI=1S/C18H16ClNO6/c19-11-5-6-14(21)13(7-11)18(23)25-10-17(22)20-8-12-9-24-15-3-1-2-4-16(15)26-12/h1-7,12,21H,8-10H2,(H,20,22). The number of aromatic hydroxyl groups is 1. The molecule has 0 radical (unpaired) electrons. The van der Waals surface area contributed by atoms with Gasteiger partial charge in [-0.15, -0.1) is 0 Å². The molecule has 0 aliphatic carbocycles. The maximum absolute atomic E-state index is 11.9. The molecule has 1 atom stereocenters. The SMILES string of the molecule is O=C(COC(=O)c1cc(Cl)ccc1O)NCC1COc2ccccc2O1. The fourth-order valence-electron chi connectivity index (χ4n) is 2.32. The van der Waals surface area contributed by atoms with Crippen molar-refractivity contribution in [2.45, 2.75) is 6.10 Å². The Morgan fingerprint density at radius 3 is 2.81 bits per heavy atom. The number of phenols is 1. The van der Waals surface area contributed by atoms with E-state index in [4.69, 9.17) is 25.8 Å². The molecule has 3 rings (SSSR count). The lowest BCUT2D eigenvalue weighted by Crippen LogP contribution is -2.42. The van der Waals surface area contributed by atoms with E-state index >= 15 is 0 Å². The second-order valence-corrected chi connectivity index (χ2v) is 5.98. The van der Waals surface area contributed by atoms with Crippen molar-refractivity contribution in [3.8, 4) is 17.2 Å². The second-order valence-electron chi connectivity index (χ2n) is 5.54. The largest absolute Gasteiger partial charge is 0.507 e. The van der Waals surface area contributed by atoms with Crippen LogP contribution in [-0.4, -0.2) is 42.8 Å². The summed E-state index contributed by atoms with van der Waals surface area (Å²) >= 11 is 5.77. The van der Waals surface area contributed by atoms with Crippen LogP contribution in [0.1, 0.15) is 10.4 Å². The van der Waals surface area contributed by atoms with E-state index in [0.29, 0.717) is 18.1 Å². The lowest BCUT2D eigenvalue weighted by atomic mass is 10.2. The highest BCUT2D eigenvalue weighted by atomic mass is 35.5. The molecule has 1 aliphatic heterocycles. The summed E-state index contributed by atoms with van der Waals surface area (Å²) in [4.78, 5) is 23.7. The van der Waals surface area contributed by atoms with Gasteiger partial charge in [-0.25, -0.2) is 4.79 Å². The van der Waals surface area contributed by atoms with Crippen LogP contribution in [0, 0.1) is 0 Å². The van der Waals surface area contributed by atoms with Crippen LogP contribution < -0.4 is 14.8 Å². The van der Waals surface area contributed by atoms with Crippen molar-refractivity contribution in [2.24, 2.45) is 0 Å². The average molecular weight is 378 g/mol. The van der Waals surface area contributed by atoms with Crippen LogP contribution in [0.25, 0.3) is 0 Å². The number of benzene rings is 2. The Hall–Kier alpha value is -2.93. The van der Waals surface area contributed by atoms with E-state index in [-0.39, 0.29) is 29.0 Å². The summed E-state index contributed by atoms with van der Waals surface area (Å²) in [7, 11) is 0. The number of halogens is 1. The zero-order valence-corrected chi connectivity index (χ0v) is 14.4. The first kappa shape index (κ1) is 17.9. The minimum atomic E-state index is -0.841. The van der Waals surface area contributed by atoms with Crippen LogP contribution in [0.5, 0.6) is 17.2 Å². The van der Waals surface area contributed by atoms with Crippen LogP contribution in [0.2, 0.25) is 5.02 Å². The Balaban J connectivity index is 1.45. The van der Waals surface area contributed by atoms with E-state index in [1.54, 1.807) is 12.1 Å².